The average Bonchev–Trinajstić information content (AvgIpc) is 2.85. The summed E-state index contributed by atoms with van der Waals surface area (Å²) in [6, 6.07) is 0. The molecule has 18 heavy (non-hydrogen) atoms. The summed E-state index contributed by atoms with van der Waals surface area (Å²) in [5.41, 5.74) is 5.78. The van der Waals surface area contributed by atoms with Crippen LogP contribution in [0.4, 0.5) is 11.6 Å². The second-order valence-electron chi connectivity index (χ2n) is 3.98. The van der Waals surface area contributed by atoms with Gasteiger partial charge in [0.2, 0.25) is 5.75 Å². The van der Waals surface area contributed by atoms with E-state index < -0.39 is 0 Å². The minimum atomic E-state index is 0.342. The highest BCUT2D eigenvalue weighted by Gasteiger charge is 2.22. The van der Waals surface area contributed by atoms with Gasteiger partial charge in [0.05, 0.1) is 13.7 Å². The van der Waals surface area contributed by atoms with Gasteiger partial charge in [-0.2, -0.15) is 0 Å². The second-order valence-corrected chi connectivity index (χ2v) is 3.98. The number of nitrogens with zero attached hydrogens (tertiary/aromatic N) is 6. The largest absolute Gasteiger partial charge is 0.490 e. The van der Waals surface area contributed by atoms with E-state index >= 15 is 0 Å². The Morgan fingerprint density at radius 1 is 1.33 bits per heavy atom. The molecule has 0 unspecified atom stereocenters. The third-order valence-electron chi connectivity index (χ3n) is 2.96. The van der Waals surface area contributed by atoms with Crippen LogP contribution in [0.2, 0.25) is 0 Å². The lowest BCUT2D eigenvalue weighted by Crippen LogP contribution is -2.34. The Kier molecular flexibility index (Phi) is 2.47. The van der Waals surface area contributed by atoms with E-state index in [4.69, 9.17) is 10.5 Å². The number of anilines is 2. The van der Waals surface area contributed by atoms with Gasteiger partial charge >= 0.3 is 0 Å². The van der Waals surface area contributed by atoms with Gasteiger partial charge in [-0.3, -0.25) is 0 Å². The highest BCUT2D eigenvalue weighted by molar-refractivity contribution is 5.62. The van der Waals surface area contributed by atoms with Gasteiger partial charge in [0, 0.05) is 13.1 Å². The Hall–Kier alpha value is -2.38. The maximum atomic E-state index is 5.78. The quantitative estimate of drug-likeness (QED) is 0.776. The molecule has 0 atom stereocenters. The van der Waals surface area contributed by atoms with Crippen molar-refractivity contribution in [2.75, 3.05) is 24.3 Å². The first-order valence-corrected chi connectivity index (χ1v) is 5.55. The Labute approximate surface area is 103 Å². The lowest BCUT2D eigenvalue weighted by atomic mass is 10.3. The van der Waals surface area contributed by atoms with E-state index in [0.717, 1.165) is 18.9 Å². The summed E-state index contributed by atoms with van der Waals surface area (Å²) in [5.74, 6) is 2.44. The van der Waals surface area contributed by atoms with Crippen molar-refractivity contribution in [2.45, 2.75) is 13.1 Å². The van der Waals surface area contributed by atoms with Crippen LogP contribution in [-0.4, -0.2) is 38.4 Å². The molecule has 2 aromatic heterocycles. The minimum Gasteiger partial charge on any atom is -0.490 e. The molecule has 8 heteroatoms. The van der Waals surface area contributed by atoms with Crippen molar-refractivity contribution in [1.82, 2.24) is 24.7 Å². The van der Waals surface area contributed by atoms with Crippen LogP contribution in [0.25, 0.3) is 0 Å². The number of nitrogen functional groups attached to an aromatic ring is 1. The van der Waals surface area contributed by atoms with Crippen LogP contribution in [-0.2, 0) is 13.1 Å². The lowest BCUT2D eigenvalue weighted by Gasteiger charge is -2.28. The van der Waals surface area contributed by atoms with Gasteiger partial charge < -0.3 is 19.9 Å². The van der Waals surface area contributed by atoms with Crippen LogP contribution < -0.4 is 15.4 Å². The number of hydrogen-bond donors (Lipinski definition) is 1. The third-order valence-corrected chi connectivity index (χ3v) is 2.96. The van der Waals surface area contributed by atoms with Crippen LogP contribution in [0.15, 0.2) is 12.7 Å². The Balaban J connectivity index is 1.95. The van der Waals surface area contributed by atoms with Crippen molar-refractivity contribution < 1.29 is 4.74 Å². The zero-order valence-electron chi connectivity index (χ0n) is 9.94. The molecular formula is C10H13N7O. The number of aromatic nitrogens is 5. The first kappa shape index (κ1) is 10.8. The van der Waals surface area contributed by atoms with E-state index in [1.807, 2.05) is 4.57 Å². The number of nitrogens with two attached hydrogens (primary N) is 1. The third kappa shape index (κ3) is 1.62. The minimum absolute atomic E-state index is 0.342. The molecule has 94 valence electrons. The Morgan fingerprint density at radius 3 is 3.06 bits per heavy atom. The molecule has 1 aliphatic heterocycles. The molecule has 2 N–H and O–H groups in total. The van der Waals surface area contributed by atoms with E-state index in [1.165, 1.54) is 6.33 Å². The van der Waals surface area contributed by atoms with E-state index in [9.17, 15) is 0 Å². The summed E-state index contributed by atoms with van der Waals surface area (Å²) in [5, 5.41) is 7.96. The maximum absolute atomic E-state index is 5.78. The molecule has 0 spiro atoms. The summed E-state index contributed by atoms with van der Waals surface area (Å²) in [6.07, 6.45) is 3.17. The normalized spacial score (nSPS) is 14.4. The molecule has 1 aliphatic rings. The van der Waals surface area contributed by atoms with Crippen molar-refractivity contribution in [2.24, 2.45) is 0 Å². The van der Waals surface area contributed by atoms with Crippen LogP contribution >= 0.6 is 0 Å². The van der Waals surface area contributed by atoms with Crippen molar-refractivity contribution in [1.29, 1.82) is 0 Å². The molecule has 0 aromatic carbocycles. The molecule has 0 radical (unpaired) electrons. The summed E-state index contributed by atoms with van der Waals surface area (Å²) in [7, 11) is 1.56. The van der Waals surface area contributed by atoms with Gasteiger partial charge in [-0.1, -0.05) is 0 Å². The molecule has 0 saturated carbocycles. The van der Waals surface area contributed by atoms with Crippen molar-refractivity contribution in [3.05, 3.63) is 18.5 Å². The maximum Gasteiger partial charge on any atom is 0.204 e. The lowest BCUT2D eigenvalue weighted by molar-refractivity contribution is 0.410. The van der Waals surface area contributed by atoms with Crippen molar-refractivity contribution in [3.8, 4) is 5.75 Å². The van der Waals surface area contributed by atoms with Crippen LogP contribution in [0.1, 0.15) is 5.82 Å². The van der Waals surface area contributed by atoms with E-state index in [2.05, 4.69) is 25.1 Å². The van der Waals surface area contributed by atoms with Gasteiger partial charge in [0.25, 0.3) is 0 Å². The highest BCUT2D eigenvalue weighted by Crippen LogP contribution is 2.31. The molecule has 0 bridgehead atoms. The smallest absolute Gasteiger partial charge is 0.204 e. The fourth-order valence-corrected chi connectivity index (χ4v) is 2.05. The molecule has 0 saturated heterocycles. The Morgan fingerprint density at radius 2 is 2.22 bits per heavy atom. The summed E-state index contributed by atoms with van der Waals surface area (Å²) in [6.45, 7) is 2.25. The summed E-state index contributed by atoms with van der Waals surface area (Å²) >= 11 is 0. The van der Waals surface area contributed by atoms with Crippen LogP contribution in [0.3, 0.4) is 0 Å². The fraction of sp³-hybridized carbons (Fsp3) is 0.400. The number of rotatable bonds is 2. The molecular weight excluding hydrogens is 234 g/mol. The van der Waals surface area contributed by atoms with E-state index in [1.54, 1.807) is 13.4 Å². The first-order chi connectivity index (χ1) is 8.79. The summed E-state index contributed by atoms with van der Waals surface area (Å²) < 4.78 is 7.29. The van der Waals surface area contributed by atoms with Gasteiger partial charge in [0.1, 0.15) is 12.7 Å². The van der Waals surface area contributed by atoms with Gasteiger partial charge in [-0.25, -0.2) is 9.97 Å². The molecule has 0 fully saturated rings. The zero-order chi connectivity index (χ0) is 12.5. The predicted molar refractivity (Wildman–Crippen MR) is 64.1 cm³/mol. The molecule has 2 aromatic rings. The van der Waals surface area contributed by atoms with Gasteiger partial charge in [-0.15, -0.1) is 10.2 Å². The molecule has 0 aliphatic carbocycles. The average molecular weight is 247 g/mol. The van der Waals surface area contributed by atoms with Crippen molar-refractivity contribution >= 4 is 11.6 Å². The van der Waals surface area contributed by atoms with Crippen LogP contribution in [0, 0.1) is 0 Å². The highest BCUT2D eigenvalue weighted by atomic mass is 16.5. The molecule has 8 nitrogen and oxygen atoms in total. The molecule has 3 heterocycles. The van der Waals surface area contributed by atoms with E-state index in [0.29, 0.717) is 23.9 Å². The predicted octanol–water partition coefficient (Wildman–Crippen LogP) is -0.321. The summed E-state index contributed by atoms with van der Waals surface area (Å²) in [4.78, 5) is 10.2. The zero-order valence-corrected chi connectivity index (χ0v) is 9.94. The number of ether oxygens (including phenoxy) is 1. The fourth-order valence-electron chi connectivity index (χ4n) is 2.05. The number of fused-ring (bicyclic) bond motifs is 1. The van der Waals surface area contributed by atoms with E-state index in [-0.39, 0.29) is 0 Å². The second kappa shape index (κ2) is 4.13. The standard InChI is InChI=1S/C10H13N7O/c1-18-8-9(11)12-5-13-10(8)16-2-3-17-6-14-15-7(17)4-16/h5-6H,2-4H2,1H3,(H2,11,12,13). The van der Waals surface area contributed by atoms with Crippen molar-refractivity contribution in [3.63, 3.8) is 0 Å². The van der Waals surface area contributed by atoms with Gasteiger partial charge in [0.15, 0.2) is 17.5 Å². The number of hydrogen-bond acceptors (Lipinski definition) is 7. The first-order valence-electron chi connectivity index (χ1n) is 5.55. The number of methoxy groups -OCH3 is 1. The molecule has 0 amide bonds. The molecule has 3 rings (SSSR count). The Bertz CT molecular complexity index is 567. The van der Waals surface area contributed by atoms with Crippen LogP contribution in [0.5, 0.6) is 5.75 Å². The monoisotopic (exact) mass is 247 g/mol. The topological polar surface area (TPSA) is 95.0 Å². The van der Waals surface area contributed by atoms with Gasteiger partial charge in [-0.05, 0) is 0 Å². The SMILES string of the molecule is COc1c(N)ncnc1N1CCn2cnnc2C1.